The monoisotopic (exact) mass is 330 g/mol. The van der Waals surface area contributed by atoms with E-state index in [4.69, 9.17) is 9.47 Å². The van der Waals surface area contributed by atoms with Gasteiger partial charge in [-0.15, -0.1) is 0 Å². The summed E-state index contributed by atoms with van der Waals surface area (Å²) in [6, 6.07) is 7.15. The molecule has 0 aliphatic rings. The summed E-state index contributed by atoms with van der Waals surface area (Å²) in [5.41, 5.74) is 1.63. The van der Waals surface area contributed by atoms with Crippen molar-refractivity contribution >= 4 is 22.8 Å². The second-order valence-corrected chi connectivity index (χ2v) is 5.52. The molecule has 0 saturated carbocycles. The molecule has 24 heavy (non-hydrogen) atoms. The van der Waals surface area contributed by atoms with Crippen molar-refractivity contribution in [2.75, 3.05) is 13.7 Å². The molecule has 1 aromatic heterocycles. The van der Waals surface area contributed by atoms with Gasteiger partial charge >= 0.3 is 5.97 Å². The molecule has 6 heteroatoms. The minimum absolute atomic E-state index is 0.304. The van der Waals surface area contributed by atoms with Crippen LogP contribution in [0.25, 0.3) is 10.9 Å². The second-order valence-electron chi connectivity index (χ2n) is 5.52. The van der Waals surface area contributed by atoms with Gasteiger partial charge < -0.3 is 14.8 Å². The van der Waals surface area contributed by atoms with Crippen molar-refractivity contribution in [1.29, 1.82) is 0 Å². The van der Waals surface area contributed by atoms with Gasteiger partial charge in [0.1, 0.15) is 5.75 Å². The molecule has 0 fully saturated rings. The number of hydrogen-bond donors (Lipinski definition) is 1. The fourth-order valence-electron chi connectivity index (χ4n) is 2.25. The van der Waals surface area contributed by atoms with Crippen LogP contribution in [0.1, 0.15) is 36.3 Å². The van der Waals surface area contributed by atoms with Crippen LogP contribution < -0.4 is 10.1 Å². The zero-order chi connectivity index (χ0) is 17.7. The van der Waals surface area contributed by atoms with Gasteiger partial charge in [-0.2, -0.15) is 0 Å². The van der Waals surface area contributed by atoms with Crippen LogP contribution in [-0.4, -0.2) is 36.6 Å². The molecular formula is C18H22N2O4. The molecule has 0 bridgehead atoms. The molecule has 1 aromatic carbocycles. The summed E-state index contributed by atoms with van der Waals surface area (Å²) in [6.07, 6.45) is -0.0289. The number of amides is 1. The third-order valence-electron chi connectivity index (χ3n) is 3.64. The summed E-state index contributed by atoms with van der Waals surface area (Å²) in [5, 5.41) is 3.50. The van der Waals surface area contributed by atoms with E-state index < -0.39 is 12.1 Å². The fourth-order valence-corrected chi connectivity index (χ4v) is 2.25. The number of nitrogens with one attached hydrogen (secondary N) is 1. The smallest absolute Gasteiger partial charge is 0.340 e. The van der Waals surface area contributed by atoms with Crippen LogP contribution in [0.5, 0.6) is 5.75 Å². The van der Waals surface area contributed by atoms with Gasteiger partial charge in [-0.05, 0) is 38.5 Å². The third-order valence-corrected chi connectivity index (χ3v) is 3.64. The van der Waals surface area contributed by atoms with Crippen molar-refractivity contribution < 1.29 is 19.1 Å². The first-order valence-corrected chi connectivity index (χ1v) is 7.90. The van der Waals surface area contributed by atoms with Crippen LogP contribution in [0.15, 0.2) is 24.3 Å². The van der Waals surface area contributed by atoms with Gasteiger partial charge in [0.2, 0.25) is 0 Å². The van der Waals surface area contributed by atoms with Gasteiger partial charge in [0.15, 0.2) is 6.10 Å². The Morgan fingerprint density at radius 1 is 1.29 bits per heavy atom. The fraction of sp³-hybridized carbons (Fsp3) is 0.389. The number of methoxy groups -OCH3 is 1. The lowest BCUT2D eigenvalue weighted by Gasteiger charge is -2.14. The number of carbonyl (C=O) groups is 2. The van der Waals surface area contributed by atoms with Gasteiger partial charge in [-0.3, -0.25) is 9.78 Å². The van der Waals surface area contributed by atoms with Crippen LogP contribution in [-0.2, 0) is 9.53 Å². The summed E-state index contributed by atoms with van der Waals surface area (Å²) < 4.78 is 10.4. The second kappa shape index (κ2) is 7.77. The van der Waals surface area contributed by atoms with E-state index in [2.05, 4.69) is 10.3 Å². The van der Waals surface area contributed by atoms with Gasteiger partial charge in [0, 0.05) is 18.0 Å². The van der Waals surface area contributed by atoms with Crippen molar-refractivity contribution in [2.24, 2.45) is 0 Å². The highest BCUT2D eigenvalue weighted by Gasteiger charge is 2.20. The maximum absolute atomic E-state index is 12.4. The molecule has 0 aliphatic heterocycles. The number of hydrogen-bond acceptors (Lipinski definition) is 5. The van der Waals surface area contributed by atoms with Crippen molar-refractivity contribution in [3.63, 3.8) is 0 Å². The topological polar surface area (TPSA) is 77.5 Å². The van der Waals surface area contributed by atoms with E-state index in [-0.39, 0.29) is 5.91 Å². The van der Waals surface area contributed by atoms with E-state index in [0.29, 0.717) is 23.6 Å². The van der Waals surface area contributed by atoms with Crippen molar-refractivity contribution in [3.8, 4) is 5.75 Å². The Labute approximate surface area is 141 Å². The number of aromatic nitrogens is 1. The number of fused-ring (bicyclic) bond motifs is 1. The molecule has 1 unspecified atom stereocenters. The van der Waals surface area contributed by atoms with Crippen molar-refractivity contribution in [3.05, 3.63) is 35.5 Å². The standard InChI is InChI=1S/C18H22N2O4/c1-5-8-19-17(21)12(3)24-18(22)15-9-13-6-7-14(23-4)10-16(13)20-11(15)2/h6-7,9-10,12H,5,8H2,1-4H3,(H,19,21). The van der Waals surface area contributed by atoms with E-state index in [1.165, 1.54) is 0 Å². The maximum atomic E-state index is 12.4. The number of benzene rings is 1. The Morgan fingerprint density at radius 3 is 2.71 bits per heavy atom. The van der Waals surface area contributed by atoms with Crippen LogP contribution >= 0.6 is 0 Å². The summed E-state index contributed by atoms with van der Waals surface area (Å²) in [6.45, 7) is 5.80. The highest BCUT2D eigenvalue weighted by molar-refractivity contribution is 5.96. The molecule has 0 aliphatic carbocycles. The van der Waals surface area contributed by atoms with Gasteiger partial charge in [0.25, 0.3) is 5.91 Å². The first kappa shape index (κ1) is 17.7. The Bertz CT molecular complexity index is 758. The maximum Gasteiger partial charge on any atom is 0.340 e. The van der Waals surface area contributed by atoms with Crippen molar-refractivity contribution in [2.45, 2.75) is 33.3 Å². The zero-order valence-electron chi connectivity index (χ0n) is 14.4. The van der Waals surface area contributed by atoms with Gasteiger partial charge in [-0.25, -0.2) is 4.79 Å². The molecule has 1 N–H and O–H groups in total. The number of nitrogens with zero attached hydrogens (tertiary/aromatic N) is 1. The first-order valence-electron chi connectivity index (χ1n) is 7.90. The molecule has 6 nitrogen and oxygen atoms in total. The van der Waals surface area contributed by atoms with Gasteiger partial charge in [-0.1, -0.05) is 6.92 Å². The molecule has 2 rings (SSSR count). The predicted octanol–water partition coefficient (Wildman–Crippen LogP) is 2.62. The summed E-state index contributed by atoms with van der Waals surface area (Å²) in [5.74, 6) is -0.163. The zero-order valence-corrected chi connectivity index (χ0v) is 14.4. The normalized spacial score (nSPS) is 11.8. The van der Waals surface area contributed by atoms with Crippen LogP contribution in [0.2, 0.25) is 0 Å². The predicted molar refractivity (Wildman–Crippen MR) is 91.2 cm³/mol. The number of rotatable bonds is 6. The molecule has 1 atom stereocenters. The highest BCUT2D eigenvalue weighted by Crippen LogP contribution is 2.22. The number of aryl methyl sites for hydroxylation is 1. The average molecular weight is 330 g/mol. The Morgan fingerprint density at radius 2 is 2.04 bits per heavy atom. The molecule has 0 spiro atoms. The quantitative estimate of drug-likeness (QED) is 0.824. The summed E-state index contributed by atoms with van der Waals surface area (Å²) in [4.78, 5) is 28.6. The van der Waals surface area contributed by atoms with E-state index in [9.17, 15) is 9.59 Å². The summed E-state index contributed by atoms with van der Waals surface area (Å²) in [7, 11) is 1.59. The minimum Gasteiger partial charge on any atom is -0.497 e. The Hall–Kier alpha value is -2.63. The van der Waals surface area contributed by atoms with E-state index in [1.54, 1.807) is 39.2 Å². The molecule has 1 heterocycles. The number of ether oxygens (including phenoxy) is 2. The first-order chi connectivity index (χ1) is 11.5. The molecule has 0 radical (unpaired) electrons. The van der Waals surface area contributed by atoms with E-state index >= 15 is 0 Å². The molecular weight excluding hydrogens is 308 g/mol. The molecule has 2 aromatic rings. The SMILES string of the molecule is CCCNC(=O)C(C)OC(=O)c1cc2ccc(OC)cc2nc1C. The number of pyridine rings is 1. The molecule has 0 saturated heterocycles. The van der Waals surface area contributed by atoms with Crippen LogP contribution in [0.3, 0.4) is 0 Å². The van der Waals surface area contributed by atoms with Gasteiger partial charge in [0.05, 0.1) is 23.9 Å². The molecule has 128 valence electrons. The van der Waals surface area contributed by atoms with Crippen molar-refractivity contribution in [1.82, 2.24) is 10.3 Å². The Balaban J connectivity index is 2.20. The minimum atomic E-state index is -0.852. The largest absolute Gasteiger partial charge is 0.497 e. The number of esters is 1. The van der Waals surface area contributed by atoms with E-state index in [1.807, 2.05) is 13.0 Å². The lowest BCUT2D eigenvalue weighted by atomic mass is 10.1. The lowest BCUT2D eigenvalue weighted by molar-refractivity contribution is -0.129. The number of carbonyl (C=O) groups excluding carboxylic acids is 2. The third kappa shape index (κ3) is 4.01. The van der Waals surface area contributed by atoms with Crippen LogP contribution in [0.4, 0.5) is 0 Å². The van der Waals surface area contributed by atoms with Crippen LogP contribution in [0, 0.1) is 6.92 Å². The highest BCUT2D eigenvalue weighted by atomic mass is 16.5. The Kier molecular flexibility index (Phi) is 5.73. The lowest BCUT2D eigenvalue weighted by Crippen LogP contribution is -2.36. The van der Waals surface area contributed by atoms with E-state index in [0.717, 1.165) is 17.3 Å². The summed E-state index contributed by atoms with van der Waals surface area (Å²) >= 11 is 0. The molecule has 1 amide bonds. The average Bonchev–Trinajstić information content (AvgIpc) is 2.58.